The van der Waals surface area contributed by atoms with Crippen LogP contribution in [0.5, 0.6) is 0 Å². The third kappa shape index (κ3) is 1.92. The molecular formula is C13H18N2. The first-order chi connectivity index (χ1) is 7.42. The summed E-state index contributed by atoms with van der Waals surface area (Å²) in [6, 6.07) is 12.5. The fourth-order valence-corrected chi connectivity index (χ4v) is 2.67. The summed E-state index contributed by atoms with van der Waals surface area (Å²) in [5.41, 5.74) is 1.45. The van der Waals surface area contributed by atoms with Gasteiger partial charge in [0.1, 0.15) is 0 Å². The third-order valence-electron chi connectivity index (χ3n) is 3.69. The third-order valence-corrected chi connectivity index (χ3v) is 3.69. The molecule has 0 aromatic heterocycles. The van der Waals surface area contributed by atoms with Crippen LogP contribution in [0.4, 0.5) is 0 Å². The van der Waals surface area contributed by atoms with Gasteiger partial charge in [-0.1, -0.05) is 30.3 Å². The number of hydrogen-bond donors (Lipinski definition) is 1. The van der Waals surface area contributed by atoms with E-state index in [1.165, 1.54) is 24.9 Å². The topological polar surface area (TPSA) is 15.3 Å². The summed E-state index contributed by atoms with van der Waals surface area (Å²) in [5.74, 6) is 0. The lowest BCUT2D eigenvalue weighted by Gasteiger charge is -2.39. The zero-order valence-corrected chi connectivity index (χ0v) is 9.02. The molecule has 3 aliphatic rings. The minimum atomic E-state index is 0.816. The second kappa shape index (κ2) is 3.95. The summed E-state index contributed by atoms with van der Waals surface area (Å²) in [6.45, 7) is 3.49. The Morgan fingerprint density at radius 3 is 2.80 bits per heavy atom. The van der Waals surface area contributed by atoms with E-state index in [1.807, 2.05) is 0 Å². The first-order valence-corrected chi connectivity index (χ1v) is 5.93. The molecule has 2 heteroatoms. The highest BCUT2D eigenvalue weighted by Crippen LogP contribution is 2.28. The molecule has 2 aliphatic heterocycles. The van der Waals surface area contributed by atoms with E-state index in [0.717, 1.165) is 25.2 Å². The van der Waals surface area contributed by atoms with E-state index in [-0.39, 0.29) is 0 Å². The molecule has 1 aromatic carbocycles. The van der Waals surface area contributed by atoms with Crippen molar-refractivity contribution in [2.24, 2.45) is 0 Å². The maximum Gasteiger partial charge on any atom is 0.0237 e. The van der Waals surface area contributed by atoms with Crippen LogP contribution in [0.2, 0.25) is 0 Å². The molecule has 3 fully saturated rings. The number of nitrogens with zero attached hydrogens (tertiary/aromatic N) is 1. The Balaban J connectivity index is 1.67. The van der Waals surface area contributed by atoms with E-state index >= 15 is 0 Å². The second-order valence-electron chi connectivity index (χ2n) is 4.73. The Morgan fingerprint density at radius 1 is 1.20 bits per heavy atom. The SMILES string of the molecule is c1ccc(CN2CCNC3CC2C3)cc1. The van der Waals surface area contributed by atoms with Crippen LogP contribution in [-0.2, 0) is 6.54 Å². The predicted octanol–water partition coefficient (Wildman–Crippen LogP) is 1.62. The number of nitrogens with one attached hydrogen (secondary N) is 1. The Morgan fingerprint density at radius 2 is 2.00 bits per heavy atom. The van der Waals surface area contributed by atoms with Gasteiger partial charge in [-0.15, -0.1) is 0 Å². The van der Waals surface area contributed by atoms with E-state index in [4.69, 9.17) is 0 Å². The lowest BCUT2D eigenvalue weighted by atomic mass is 9.86. The van der Waals surface area contributed by atoms with Crippen LogP contribution in [0.15, 0.2) is 30.3 Å². The van der Waals surface area contributed by atoms with E-state index in [9.17, 15) is 0 Å². The highest BCUT2D eigenvalue weighted by atomic mass is 15.2. The van der Waals surface area contributed by atoms with Gasteiger partial charge >= 0.3 is 0 Å². The van der Waals surface area contributed by atoms with Crippen LogP contribution in [-0.4, -0.2) is 30.1 Å². The second-order valence-corrected chi connectivity index (χ2v) is 4.73. The van der Waals surface area contributed by atoms with E-state index in [2.05, 4.69) is 40.5 Å². The van der Waals surface area contributed by atoms with Gasteiger partial charge in [0.05, 0.1) is 0 Å². The van der Waals surface area contributed by atoms with E-state index < -0.39 is 0 Å². The van der Waals surface area contributed by atoms with Crippen molar-refractivity contribution in [1.29, 1.82) is 0 Å². The number of benzene rings is 1. The van der Waals surface area contributed by atoms with Crippen molar-refractivity contribution in [3.63, 3.8) is 0 Å². The standard InChI is InChI=1S/C13H18N2/c1-2-4-11(5-3-1)10-15-7-6-14-12-8-13(15)9-12/h1-5,12-14H,6-10H2. The number of hydrogen-bond acceptors (Lipinski definition) is 2. The molecule has 0 amide bonds. The number of fused-ring (bicyclic) bond motifs is 3. The smallest absolute Gasteiger partial charge is 0.0237 e. The van der Waals surface area contributed by atoms with Gasteiger partial charge in [-0.25, -0.2) is 0 Å². The predicted molar refractivity (Wildman–Crippen MR) is 61.7 cm³/mol. The highest BCUT2D eigenvalue weighted by Gasteiger charge is 2.35. The van der Waals surface area contributed by atoms with Gasteiger partial charge in [0.25, 0.3) is 0 Å². The molecule has 1 saturated carbocycles. The molecule has 1 aromatic rings. The minimum Gasteiger partial charge on any atom is -0.313 e. The zero-order chi connectivity index (χ0) is 10.1. The lowest BCUT2D eigenvalue weighted by molar-refractivity contribution is 0.128. The van der Waals surface area contributed by atoms with Gasteiger partial charge in [0.2, 0.25) is 0 Å². The molecule has 0 atom stereocenters. The summed E-state index contributed by atoms with van der Waals surface area (Å²) in [4.78, 5) is 2.63. The molecule has 2 saturated heterocycles. The fraction of sp³-hybridized carbons (Fsp3) is 0.538. The van der Waals surface area contributed by atoms with Crippen molar-refractivity contribution in [2.75, 3.05) is 13.1 Å². The van der Waals surface area contributed by atoms with Gasteiger partial charge in [-0.2, -0.15) is 0 Å². The lowest BCUT2D eigenvalue weighted by Crippen LogP contribution is -2.46. The summed E-state index contributed by atoms with van der Waals surface area (Å²) >= 11 is 0. The maximum atomic E-state index is 3.58. The molecule has 2 nitrogen and oxygen atoms in total. The van der Waals surface area contributed by atoms with Gasteiger partial charge in [0.15, 0.2) is 0 Å². The van der Waals surface area contributed by atoms with Crippen LogP contribution < -0.4 is 5.32 Å². The summed E-state index contributed by atoms with van der Waals surface area (Å²) in [6.07, 6.45) is 2.71. The van der Waals surface area contributed by atoms with Crippen LogP contribution in [0.25, 0.3) is 0 Å². The molecule has 1 aliphatic carbocycles. The molecule has 2 bridgehead atoms. The Kier molecular flexibility index (Phi) is 2.47. The Labute approximate surface area is 91.3 Å². The van der Waals surface area contributed by atoms with Crippen molar-refractivity contribution in [2.45, 2.75) is 31.5 Å². The van der Waals surface area contributed by atoms with Crippen LogP contribution in [0.1, 0.15) is 18.4 Å². The summed E-state index contributed by atoms with van der Waals surface area (Å²) < 4.78 is 0. The van der Waals surface area contributed by atoms with Crippen molar-refractivity contribution in [1.82, 2.24) is 10.2 Å². The van der Waals surface area contributed by atoms with Crippen LogP contribution in [0, 0.1) is 0 Å². The molecule has 80 valence electrons. The average Bonchev–Trinajstić information content (AvgIpc) is 2.50. The number of rotatable bonds is 2. The van der Waals surface area contributed by atoms with Crippen molar-refractivity contribution < 1.29 is 0 Å². The normalized spacial score (nSPS) is 30.7. The van der Waals surface area contributed by atoms with Gasteiger partial charge in [-0.05, 0) is 18.4 Å². The highest BCUT2D eigenvalue weighted by molar-refractivity contribution is 5.15. The van der Waals surface area contributed by atoms with Crippen molar-refractivity contribution in [3.05, 3.63) is 35.9 Å². The largest absolute Gasteiger partial charge is 0.313 e. The summed E-state index contributed by atoms with van der Waals surface area (Å²) in [7, 11) is 0. The average molecular weight is 202 g/mol. The quantitative estimate of drug-likeness (QED) is 0.784. The zero-order valence-electron chi connectivity index (χ0n) is 9.02. The summed E-state index contributed by atoms with van der Waals surface area (Å²) in [5, 5.41) is 3.58. The van der Waals surface area contributed by atoms with Crippen molar-refractivity contribution in [3.8, 4) is 0 Å². The van der Waals surface area contributed by atoms with E-state index in [1.54, 1.807) is 0 Å². The molecule has 1 N–H and O–H groups in total. The molecule has 2 heterocycles. The van der Waals surface area contributed by atoms with Gasteiger partial charge < -0.3 is 5.32 Å². The van der Waals surface area contributed by atoms with E-state index in [0.29, 0.717) is 0 Å². The molecule has 0 unspecified atom stereocenters. The monoisotopic (exact) mass is 202 g/mol. The van der Waals surface area contributed by atoms with Gasteiger partial charge in [0, 0.05) is 31.7 Å². The molecule has 0 radical (unpaired) electrons. The van der Waals surface area contributed by atoms with Gasteiger partial charge in [-0.3, -0.25) is 4.90 Å². The first kappa shape index (κ1) is 9.37. The van der Waals surface area contributed by atoms with Crippen LogP contribution >= 0.6 is 0 Å². The van der Waals surface area contributed by atoms with Crippen LogP contribution in [0.3, 0.4) is 0 Å². The Hall–Kier alpha value is -0.860. The first-order valence-electron chi connectivity index (χ1n) is 5.93. The molecule has 0 spiro atoms. The molecule has 15 heavy (non-hydrogen) atoms. The minimum absolute atomic E-state index is 0.816. The van der Waals surface area contributed by atoms with Crippen molar-refractivity contribution >= 4 is 0 Å². The molecule has 4 rings (SSSR count). The Bertz CT molecular complexity index is 317. The molecular weight excluding hydrogens is 184 g/mol. The maximum absolute atomic E-state index is 3.58. The fourth-order valence-electron chi connectivity index (χ4n) is 2.67.